The van der Waals surface area contributed by atoms with Gasteiger partial charge in [0.25, 0.3) is 0 Å². The Bertz CT molecular complexity index is 839. The molecule has 0 spiro atoms. The van der Waals surface area contributed by atoms with Gasteiger partial charge in [0.1, 0.15) is 0 Å². The number of carbonyl (C=O) groups excluding carboxylic acids is 2. The number of hydrogen-bond acceptors (Lipinski definition) is 3. The van der Waals surface area contributed by atoms with E-state index in [0.29, 0.717) is 25.9 Å². The topological polar surface area (TPSA) is 61.8 Å². The normalized spacial score (nSPS) is 14.1. The maximum Gasteiger partial charge on any atom is 0.243 e. The number of carbonyl (C=O) groups is 2. The summed E-state index contributed by atoms with van der Waals surface area (Å²) < 4.78 is 0. The lowest BCUT2D eigenvalue weighted by atomic mass is 10.0. The summed E-state index contributed by atoms with van der Waals surface area (Å²) in [5.74, 6) is -0.113. The fourth-order valence-electron chi connectivity index (χ4n) is 2.93. The molecule has 5 nitrogen and oxygen atoms in total. The van der Waals surface area contributed by atoms with Crippen molar-refractivity contribution in [3.63, 3.8) is 0 Å². The number of aryl methyl sites for hydroxylation is 2. The summed E-state index contributed by atoms with van der Waals surface area (Å²) in [7, 11) is 0. The quantitative estimate of drug-likeness (QED) is 0.856. The van der Waals surface area contributed by atoms with Crippen LogP contribution in [0.5, 0.6) is 0 Å². The van der Waals surface area contributed by atoms with Crippen molar-refractivity contribution in [2.45, 2.75) is 39.7 Å². The summed E-state index contributed by atoms with van der Waals surface area (Å²) in [5, 5.41) is 8.81. The molecular weight excluding hydrogens is 338 g/mol. The molecule has 0 saturated carbocycles. The first-order chi connectivity index (χ1) is 13.0. The molecule has 1 N–H and O–H groups in total. The molecule has 1 heterocycles. The minimum Gasteiger partial charge on any atom is -0.352 e. The molecule has 2 amide bonds. The van der Waals surface area contributed by atoms with E-state index in [2.05, 4.69) is 10.4 Å². The summed E-state index contributed by atoms with van der Waals surface area (Å²) in [4.78, 5) is 24.3. The summed E-state index contributed by atoms with van der Waals surface area (Å²) >= 11 is 0. The Balaban J connectivity index is 1.54. The van der Waals surface area contributed by atoms with Crippen LogP contribution in [0.25, 0.3) is 0 Å². The third-order valence-electron chi connectivity index (χ3n) is 4.65. The van der Waals surface area contributed by atoms with E-state index in [-0.39, 0.29) is 18.2 Å². The monoisotopic (exact) mass is 363 g/mol. The molecule has 27 heavy (non-hydrogen) atoms. The third kappa shape index (κ3) is 5.26. The first kappa shape index (κ1) is 18.8. The van der Waals surface area contributed by atoms with Crippen molar-refractivity contribution < 1.29 is 9.59 Å². The van der Waals surface area contributed by atoms with Crippen molar-refractivity contribution >= 4 is 17.5 Å². The number of amides is 2. The van der Waals surface area contributed by atoms with E-state index in [9.17, 15) is 9.59 Å². The lowest BCUT2D eigenvalue weighted by Crippen LogP contribution is -2.35. The highest BCUT2D eigenvalue weighted by molar-refractivity contribution is 6.04. The number of nitrogens with one attached hydrogen (secondary N) is 1. The predicted molar refractivity (Wildman–Crippen MR) is 106 cm³/mol. The van der Waals surface area contributed by atoms with Crippen molar-refractivity contribution in [3.05, 3.63) is 70.8 Å². The van der Waals surface area contributed by atoms with Gasteiger partial charge in [0.05, 0.1) is 12.3 Å². The van der Waals surface area contributed by atoms with Gasteiger partial charge >= 0.3 is 0 Å². The third-order valence-corrected chi connectivity index (χ3v) is 4.65. The first-order valence-electron chi connectivity index (χ1n) is 9.28. The smallest absolute Gasteiger partial charge is 0.243 e. The molecule has 5 heteroatoms. The molecule has 0 fully saturated rings. The van der Waals surface area contributed by atoms with Gasteiger partial charge in [-0.1, -0.05) is 59.7 Å². The molecular formula is C22H25N3O2. The lowest BCUT2D eigenvalue weighted by molar-refractivity contribution is -0.132. The number of hydrazone groups is 1. The minimum absolute atomic E-state index is 0.0304. The van der Waals surface area contributed by atoms with Crippen molar-refractivity contribution in [3.8, 4) is 0 Å². The summed E-state index contributed by atoms with van der Waals surface area (Å²) in [6, 6.07) is 16.2. The SMILES string of the molecule is Cc1ccc(CNC(=O)CCN2N=C(c3ccc(C)cc3)CCC2=O)cc1. The summed E-state index contributed by atoms with van der Waals surface area (Å²) in [5.41, 5.74) is 5.36. The van der Waals surface area contributed by atoms with E-state index in [1.165, 1.54) is 16.1 Å². The Morgan fingerprint density at radius 3 is 2.30 bits per heavy atom. The van der Waals surface area contributed by atoms with Gasteiger partial charge in [-0.25, -0.2) is 5.01 Å². The molecule has 0 aromatic heterocycles. The molecule has 0 unspecified atom stereocenters. The Morgan fingerprint density at radius 1 is 1.00 bits per heavy atom. The maximum atomic E-state index is 12.1. The first-order valence-corrected chi connectivity index (χ1v) is 9.28. The van der Waals surface area contributed by atoms with E-state index in [1.54, 1.807) is 0 Å². The molecule has 140 valence electrons. The highest BCUT2D eigenvalue weighted by Gasteiger charge is 2.21. The Labute approximate surface area is 160 Å². The van der Waals surface area contributed by atoms with Crippen molar-refractivity contribution in [1.82, 2.24) is 10.3 Å². The highest BCUT2D eigenvalue weighted by Crippen LogP contribution is 2.16. The fourth-order valence-corrected chi connectivity index (χ4v) is 2.93. The molecule has 0 bridgehead atoms. The number of hydrogen-bond donors (Lipinski definition) is 1. The van der Waals surface area contributed by atoms with Crippen LogP contribution < -0.4 is 5.32 Å². The second-order valence-electron chi connectivity index (χ2n) is 6.94. The van der Waals surface area contributed by atoms with Gasteiger partial charge in [0, 0.05) is 25.8 Å². The molecule has 2 aromatic rings. The molecule has 3 rings (SSSR count). The van der Waals surface area contributed by atoms with Gasteiger partial charge in [-0.2, -0.15) is 5.10 Å². The average Bonchev–Trinajstić information content (AvgIpc) is 2.67. The summed E-state index contributed by atoms with van der Waals surface area (Å²) in [6.07, 6.45) is 1.30. The second-order valence-corrected chi connectivity index (χ2v) is 6.94. The summed E-state index contributed by atoms with van der Waals surface area (Å²) in [6.45, 7) is 4.86. The second kappa shape index (κ2) is 8.62. The van der Waals surface area contributed by atoms with Gasteiger partial charge in [-0.05, 0) is 25.0 Å². The molecule has 0 atom stereocenters. The minimum atomic E-state index is -0.0824. The van der Waals surface area contributed by atoms with E-state index in [4.69, 9.17) is 0 Å². The standard InChI is InChI=1S/C22H25N3O2/c1-16-3-7-18(8-4-16)15-23-21(26)13-14-25-22(27)12-11-20(24-25)19-9-5-17(2)6-10-19/h3-10H,11-15H2,1-2H3,(H,23,26). The number of nitrogens with zero attached hydrogens (tertiary/aromatic N) is 2. The van der Waals surface area contributed by atoms with E-state index in [1.807, 2.05) is 62.4 Å². The van der Waals surface area contributed by atoms with Crippen LogP contribution in [-0.4, -0.2) is 29.1 Å². The van der Waals surface area contributed by atoms with Crippen molar-refractivity contribution in [2.75, 3.05) is 6.54 Å². The van der Waals surface area contributed by atoms with Crippen LogP contribution >= 0.6 is 0 Å². The molecule has 1 aliphatic rings. The average molecular weight is 363 g/mol. The van der Waals surface area contributed by atoms with Crippen LogP contribution in [0, 0.1) is 13.8 Å². The van der Waals surface area contributed by atoms with Crippen molar-refractivity contribution in [1.29, 1.82) is 0 Å². The van der Waals surface area contributed by atoms with E-state index < -0.39 is 0 Å². The zero-order valence-electron chi connectivity index (χ0n) is 15.9. The highest BCUT2D eigenvalue weighted by atomic mass is 16.2. The van der Waals surface area contributed by atoms with Gasteiger partial charge in [0.15, 0.2) is 0 Å². The van der Waals surface area contributed by atoms with Crippen LogP contribution in [0.3, 0.4) is 0 Å². The fraction of sp³-hybridized carbons (Fsp3) is 0.318. The van der Waals surface area contributed by atoms with Crippen LogP contribution in [0.1, 0.15) is 41.5 Å². The lowest BCUT2D eigenvalue weighted by Gasteiger charge is -2.23. The Kier molecular flexibility index (Phi) is 6.01. The molecule has 1 aliphatic heterocycles. The molecule has 0 radical (unpaired) electrons. The van der Waals surface area contributed by atoms with Crippen LogP contribution in [-0.2, 0) is 16.1 Å². The van der Waals surface area contributed by atoms with Crippen molar-refractivity contribution in [2.24, 2.45) is 5.10 Å². The molecule has 2 aromatic carbocycles. The van der Waals surface area contributed by atoms with Gasteiger partial charge in [-0.15, -0.1) is 0 Å². The number of rotatable bonds is 6. The van der Waals surface area contributed by atoms with Gasteiger partial charge in [0.2, 0.25) is 11.8 Å². The van der Waals surface area contributed by atoms with E-state index in [0.717, 1.165) is 16.8 Å². The zero-order chi connectivity index (χ0) is 19.2. The number of benzene rings is 2. The van der Waals surface area contributed by atoms with E-state index >= 15 is 0 Å². The largest absolute Gasteiger partial charge is 0.352 e. The van der Waals surface area contributed by atoms with Crippen LogP contribution in [0.15, 0.2) is 53.6 Å². The van der Waals surface area contributed by atoms with Crippen LogP contribution in [0.4, 0.5) is 0 Å². The Hall–Kier alpha value is -2.95. The zero-order valence-corrected chi connectivity index (χ0v) is 15.9. The Morgan fingerprint density at radius 2 is 1.63 bits per heavy atom. The predicted octanol–water partition coefficient (Wildman–Crippen LogP) is 3.34. The molecule has 0 aliphatic carbocycles. The van der Waals surface area contributed by atoms with Gasteiger partial charge < -0.3 is 5.32 Å². The molecule has 0 saturated heterocycles. The van der Waals surface area contributed by atoms with Gasteiger partial charge in [-0.3, -0.25) is 9.59 Å². The maximum absolute atomic E-state index is 12.1. The van der Waals surface area contributed by atoms with Crippen LogP contribution in [0.2, 0.25) is 0 Å².